The molecule has 0 amide bonds. The van der Waals surface area contributed by atoms with Gasteiger partial charge in [0.15, 0.2) is 5.96 Å². The molecule has 0 aliphatic carbocycles. The fourth-order valence-corrected chi connectivity index (χ4v) is 3.20. The van der Waals surface area contributed by atoms with Gasteiger partial charge in [0.25, 0.3) is 0 Å². The van der Waals surface area contributed by atoms with Gasteiger partial charge in [-0.3, -0.25) is 4.99 Å². The van der Waals surface area contributed by atoms with E-state index in [1.165, 1.54) is 5.56 Å². The minimum Gasteiger partial charge on any atom is -0.493 e. The second-order valence-electron chi connectivity index (χ2n) is 7.24. The van der Waals surface area contributed by atoms with Gasteiger partial charge in [0.1, 0.15) is 5.75 Å². The molecule has 0 saturated carbocycles. The first-order valence-electron chi connectivity index (χ1n) is 9.91. The van der Waals surface area contributed by atoms with E-state index < -0.39 is 0 Å². The van der Waals surface area contributed by atoms with E-state index in [0.29, 0.717) is 37.1 Å². The second kappa shape index (κ2) is 10.5. The molecule has 0 aromatic heterocycles. The van der Waals surface area contributed by atoms with Crippen LogP contribution >= 0.6 is 0 Å². The van der Waals surface area contributed by atoms with Crippen LogP contribution in [0.25, 0.3) is 0 Å². The van der Waals surface area contributed by atoms with Crippen LogP contribution in [0, 0.1) is 24.2 Å². The summed E-state index contributed by atoms with van der Waals surface area (Å²) in [5, 5.41) is 15.7. The Hall–Kier alpha value is -3.04. The molecule has 1 heterocycles. The van der Waals surface area contributed by atoms with Crippen molar-refractivity contribution >= 4 is 5.96 Å². The third-order valence-electron chi connectivity index (χ3n) is 4.91. The van der Waals surface area contributed by atoms with Gasteiger partial charge >= 0.3 is 0 Å². The van der Waals surface area contributed by atoms with Crippen molar-refractivity contribution in [1.29, 1.82) is 5.26 Å². The van der Waals surface area contributed by atoms with Gasteiger partial charge in [-0.15, -0.1) is 0 Å². The minimum atomic E-state index is 0.468. The van der Waals surface area contributed by atoms with Gasteiger partial charge in [0, 0.05) is 38.2 Å². The molecule has 2 N–H and O–H groups in total. The van der Waals surface area contributed by atoms with Crippen molar-refractivity contribution < 1.29 is 9.47 Å². The topological polar surface area (TPSA) is 78.7 Å². The number of rotatable bonds is 7. The molecular weight excluding hydrogens is 364 g/mol. The maximum absolute atomic E-state index is 9.03. The van der Waals surface area contributed by atoms with E-state index >= 15 is 0 Å². The largest absolute Gasteiger partial charge is 0.493 e. The molecule has 2 aromatic rings. The first-order valence-corrected chi connectivity index (χ1v) is 9.91. The lowest BCUT2D eigenvalue weighted by Gasteiger charge is -2.17. The number of nitriles is 1. The minimum absolute atomic E-state index is 0.468. The Labute approximate surface area is 172 Å². The normalized spacial score (nSPS) is 16.3. The molecule has 1 atom stereocenters. The quantitative estimate of drug-likeness (QED) is 0.559. The smallest absolute Gasteiger partial charge is 0.191 e. The Kier molecular flexibility index (Phi) is 7.48. The Morgan fingerprint density at radius 3 is 2.86 bits per heavy atom. The van der Waals surface area contributed by atoms with E-state index in [2.05, 4.69) is 46.8 Å². The van der Waals surface area contributed by atoms with Crippen molar-refractivity contribution in [3.8, 4) is 11.8 Å². The number of nitrogens with zero attached hydrogens (tertiary/aromatic N) is 2. The highest BCUT2D eigenvalue weighted by atomic mass is 16.5. The van der Waals surface area contributed by atoms with Crippen molar-refractivity contribution in [2.24, 2.45) is 10.9 Å². The van der Waals surface area contributed by atoms with Crippen LogP contribution in [0.15, 0.2) is 47.5 Å². The summed E-state index contributed by atoms with van der Waals surface area (Å²) in [6.45, 7) is 5.55. The number of hydrogen-bond acceptors (Lipinski definition) is 4. The summed E-state index contributed by atoms with van der Waals surface area (Å²) in [6, 6.07) is 16.0. The lowest BCUT2D eigenvalue weighted by Crippen LogP contribution is -2.36. The van der Waals surface area contributed by atoms with Crippen LogP contribution in [0.3, 0.4) is 0 Å². The number of hydrogen-bond donors (Lipinski definition) is 2. The highest BCUT2D eigenvalue weighted by Crippen LogP contribution is 2.22. The zero-order valence-corrected chi connectivity index (χ0v) is 17.1. The number of aryl methyl sites for hydroxylation is 1. The number of aliphatic imine (C=N–C) groups is 1. The SMILES string of the molecule is CN=C(NCc1cccc(C#N)c1)NCc1ccc(C)cc1OCC1CCOC1. The zero-order valence-electron chi connectivity index (χ0n) is 17.1. The molecule has 0 bridgehead atoms. The Morgan fingerprint density at radius 1 is 1.24 bits per heavy atom. The zero-order chi connectivity index (χ0) is 20.5. The Morgan fingerprint density at radius 2 is 2.10 bits per heavy atom. The van der Waals surface area contributed by atoms with Crippen LogP contribution in [0.5, 0.6) is 5.75 Å². The Balaban J connectivity index is 1.56. The predicted octanol–water partition coefficient (Wildman–Crippen LogP) is 3.15. The predicted molar refractivity (Wildman–Crippen MR) is 114 cm³/mol. The highest BCUT2D eigenvalue weighted by Gasteiger charge is 2.17. The van der Waals surface area contributed by atoms with Crippen molar-refractivity contribution in [2.45, 2.75) is 26.4 Å². The van der Waals surface area contributed by atoms with Crippen LogP contribution in [0.2, 0.25) is 0 Å². The van der Waals surface area contributed by atoms with Crippen LogP contribution in [0.1, 0.15) is 28.7 Å². The van der Waals surface area contributed by atoms with Crippen LogP contribution in [-0.4, -0.2) is 32.8 Å². The molecule has 3 rings (SSSR count). The second-order valence-corrected chi connectivity index (χ2v) is 7.24. The van der Waals surface area contributed by atoms with Gasteiger partial charge in [-0.25, -0.2) is 0 Å². The molecule has 1 unspecified atom stereocenters. The number of nitrogens with one attached hydrogen (secondary N) is 2. The molecule has 6 nitrogen and oxygen atoms in total. The van der Waals surface area contributed by atoms with Gasteiger partial charge in [0.2, 0.25) is 0 Å². The van der Waals surface area contributed by atoms with Crippen molar-refractivity contribution in [3.63, 3.8) is 0 Å². The van der Waals surface area contributed by atoms with Gasteiger partial charge in [0.05, 0.1) is 24.8 Å². The molecule has 152 valence electrons. The number of guanidine groups is 1. The fraction of sp³-hybridized carbons (Fsp3) is 0.391. The molecule has 0 radical (unpaired) electrons. The van der Waals surface area contributed by atoms with E-state index in [4.69, 9.17) is 14.7 Å². The van der Waals surface area contributed by atoms with E-state index in [0.717, 1.165) is 36.5 Å². The maximum atomic E-state index is 9.03. The summed E-state index contributed by atoms with van der Waals surface area (Å²) in [4.78, 5) is 4.29. The average molecular weight is 393 g/mol. The van der Waals surface area contributed by atoms with Gasteiger partial charge in [-0.05, 0) is 42.7 Å². The summed E-state index contributed by atoms with van der Waals surface area (Å²) in [6.07, 6.45) is 1.06. The van der Waals surface area contributed by atoms with E-state index in [9.17, 15) is 0 Å². The highest BCUT2D eigenvalue weighted by molar-refractivity contribution is 5.79. The van der Waals surface area contributed by atoms with Gasteiger partial charge < -0.3 is 20.1 Å². The lowest BCUT2D eigenvalue weighted by molar-refractivity contribution is 0.166. The molecule has 1 saturated heterocycles. The first-order chi connectivity index (χ1) is 14.2. The van der Waals surface area contributed by atoms with Crippen molar-refractivity contribution in [1.82, 2.24) is 10.6 Å². The molecule has 6 heteroatoms. The van der Waals surface area contributed by atoms with Gasteiger partial charge in [-0.1, -0.05) is 24.3 Å². The monoisotopic (exact) mass is 392 g/mol. The molecular formula is C23H28N4O2. The third-order valence-corrected chi connectivity index (χ3v) is 4.91. The number of ether oxygens (including phenoxy) is 2. The van der Waals surface area contributed by atoms with E-state index in [1.807, 2.05) is 18.2 Å². The fourth-order valence-electron chi connectivity index (χ4n) is 3.20. The molecule has 1 aliphatic heterocycles. The van der Waals surface area contributed by atoms with E-state index in [-0.39, 0.29) is 0 Å². The van der Waals surface area contributed by atoms with Crippen LogP contribution in [-0.2, 0) is 17.8 Å². The molecule has 29 heavy (non-hydrogen) atoms. The van der Waals surface area contributed by atoms with Crippen LogP contribution < -0.4 is 15.4 Å². The third kappa shape index (κ3) is 6.23. The standard InChI is InChI=1S/C23H28N4O2/c1-17-6-7-21(22(10-17)29-16-20-8-9-28-15-20)14-27-23(25-2)26-13-19-5-3-4-18(11-19)12-24/h3-7,10-11,20H,8-9,13-16H2,1-2H3,(H2,25,26,27). The molecule has 0 spiro atoms. The van der Waals surface area contributed by atoms with E-state index in [1.54, 1.807) is 13.1 Å². The summed E-state index contributed by atoms with van der Waals surface area (Å²) in [5.74, 6) is 2.07. The summed E-state index contributed by atoms with van der Waals surface area (Å²) >= 11 is 0. The summed E-state index contributed by atoms with van der Waals surface area (Å²) < 4.78 is 11.5. The van der Waals surface area contributed by atoms with Crippen molar-refractivity contribution in [3.05, 3.63) is 64.7 Å². The number of benzene rings is 2. The molecule has 1 aliphatic rings. The van der Waals surface area contributed by atoms with Crippen molar-refractivity contribution in [2.75, 3.05) is 26.9 Å². The van der Waals surface area contributed by atoms with Crippen LogP contribution in [0.4, 0.5) is 0 Å². The van der Waals surface area contributed by atoms with Gasteiger partial charge in [-0.2, -0.15) is 5.26 Å². The first kappa shape index (κ1) is 20.7. The molecule has 2 aromatic carbocycles. The molecule has 1 fully saturated rings. The average Bonchev–Trinajstić information content (AvgIpc) is 3.27. The maximum Gasteiger partial charge on any atom is 0.191 e. The summed E-state index contributed by atoms with van der Waals surface area (Å²) in [7, 11) is 1.74. The Bertz CT molecular complexity index is 883. The summed E-state index contributed by atoms with van der Waals surface area (Å²) in [5.41, 5.74) is 3.95. The lowest BCUT2D eigenvalue weighted by atomic mass is 10.1.